The molecule has 0 saturated carbocycles. The largest absolute Gasteiger partial charge is 0.418 e. The molecule has 23 heavy (non-hydrogen) atoms. The van der Waals surface area contributed by atoms with E-state index in [2.05, 4.69) is 5.32 Å². The summed E-state index contributed by atoms with van der Waals surface area (Å²) in [4.78, 5) is 0.748. The van der Waals surface area contributed by atoms with Crippen LogP contribution in [0.5, 0.6) is 0 Å². The van der Waals surface area contributed by atoms with Gasteiger partial charge in [0.25, 0.3) is 0 Å². The fourth-order valence-electron chi connectivity index (χ4n) is 1.95. The topological polar surface area (TPSA) is 55.7 Å². The fraction of sp³-hybridized carbons (Fsp3) is 0.538. The van der Waals surface area contributed by atoms with Crippen LogP contribution in [0.25, 0.3) is 0 Å². The number of aliphatic hydroxyl groups is 2. The van der Waals surface area contributed by atoms with Gasteiger partial charge in [0, 0.05) is 26.3 Å². The van der Waals surface area contributed by atoms with E-state index in [0.29, 0.717) is 12.1 Å². The Morgan fingerprint density at radius 3 is 1.78 bits per heavy atom. The minimum atomic E-state index is -4.99. The molecule has 1 rings (SSSR count). The summed E-state index contributed by atoms with van der Waals surface area (Å²) < 4.78 is 78.7. The Hall–Kier alpha value is -1.68. The predicted octanol–water partition coefficient (Wildman–Crippen LogP) is 2.56. The van der Waals surface area contributed by atoms with Crippen molar-refractivity contribution in [1.82, 2.24) is 0 Å². The van der Waals surface area contributed by atoms with Crippen molar-refractivity contribution in [1.29, 1.82) is 0 Å². The summed E-state index contributed by atoms with van der Waals surface area (Å²) in [6, 6.07) is 1.07. The van der Waals surface area contributed by atoms with Crippen LogP contribution in [0.4, 0.5) is 37.7 Å². The molecule has 0 aromatic heterocycles. The summed E-state index contributed by atoms with van der Waals surface area (Å²) in [5.41, 5.74) is -4.34. The van der Waals surface area contributed by atoms with Crippen molar-refractivity contribution in [2.75, 3.05) is 37.5 Å². The Morgan fingerprint density at radius 1 is 1.04 bits per heavy atom. The monoisotopic (exact) mass is 346 g/mol. The molecule has 0 fully saturated rings. The Labute approximate surface area is 128 Å². The third kappa shape index (κ3) is 4.90. The van der Waals surface area contributed by atoms with Crippen LogP contribution in [0, 0.1) is 0 Å². The first-order valence-corrected chi connectivity index (χ1v) is 6.40. The molecule has 0 bridgehead atoms. The van der Waals surface area contributed by atoms with E-state index < -0.39 is 54.1 Å². The molecule has 0 saturated heterocycles. The second-order valence-electron chi connectivity index (χ2n) is 5.03. The maximum Gasteiger partial charge on any atom is 0.418 e. The van der Waals surface area contributed by atoms with Crippen LogP contribution in [0.2, 0.25) is 0 Å². The van der Waals surface area contributed by atoms with E-state index in [1.807, 2.05) is 0 Å². The van der Waals surface area contributed by atoms with Crippen molar-refractivity contribution in [2.45, 2.75) is 18.5 Å². The molecule has 0 aliphatic carbocycles. The number of alkyl halides is 6. The lowest BCUT2D eigenvalue weighted by Gasteiger charge is -2.25. The number of rotatable bonds is 5. The maximum atomic E-state index is 13.1. The molecule has 4 nitrogen and oxygen atoms in total. The molecule has 1 aromatic rings. The van der Waals surface area contributed by atoms with Gasteiger partial charge in [0.05, 0.1) is 29.5 Å². The molecule has 0 heterocycles. The first-order valence-electron chi connectivity index (χ1n) is 6.40. The summed E-state index contributed by atoms with van der Waals surface area (Å²) in [5, 5.41) is 20.1. The highest BCUT2D eigenvalue weighted by Gasteiger charge is 2.42. The number of halogens is 6. The Kier molecular flexibility index (Phi) is 5.75. The molecule has 0 radical (unpaired) electrons. The number of nitrogens with one attached hydrogen (secondary N) is 1. The van der Waals surface area contributed by atoms with Gasteiger partial charge >= 0.3 is 12.4 Å². The average Bonchev–Trinajstić information content (AvgIpc) is 2.41. The Balaban J connectivity index is 3.47. The molecule has 0 aliphatic rings. The summed E-state index contributed by atoms with van der Waals surface area (Å²) in [7, 11) is 2.17. The third-order valence-corrected chi connectivity index (χ3v) is 2.92. The smallest absolute Gasteiger partial charge is 0.394 e. The van der Waals surface area contributed by atoms with Crippen LogP contribution in [-0.4, -0.2) is 43.6 Å². The molecule has 0 spiro atoms. The molecular weight excluding hydrogens is 330 g/mol. The number of aliphatic hydroxyl groups excluding tert-OH is 2. The molecule has 132 valence electrons. The van der Waals surface area contributed by atoms with Crippen molar-refractivity contribution in [2.24, 2.45) is 0 Å². The molecule has 1 unspecified atom stereocenters. The van der Waals surface area contributed by atoms with E-state index in [1.165, 1.54) is 0 Å². The van der Waals surface area contributed by atoms with Crippen molar-refractivity contribution in [3.05, 3.63) is 23.3 Å². The van der Waals surface area contributed by atoms with Crippen LogP contribution < -0.4 is 10.2 Å². The van der Waals surface area contributed by atoms with Gasteiger partial charge < -0.3 is 20.4 Å². The summed E-state index contributed by atoms with van der Waals surface area (Å²) in [6.07, 6.45) is -11.3. The lowest BCUT2D eigenvalue weighted by Crippen LogP contribution is -2.25. The third-order valence-electron chi connectivity index (χ3n) is 2.92. The van der Waals surface area contributed by atoms with Gasteiger partial charge in [-0.25, -0.2) is 0 Å². The molecule has 0 aliphatic heterocycles. The van der Waals surface area contributed by atoms with Crippen molar-refractivity contribution in [3.63, 3.8) is 0 Å². The van der Waals surface area contributed by atoms with E-state index in [9.17, 15) is 26.3 Å². The highest BCUT2D eigenvalue weighted by molar-refractivity contribution is 5.67. The van der Waals surface area contributed by atoms with Crippen LogP contribution in [0.3, 0.4) is 0 Å². The Morgan fingerprint density at radius 2 is 1.48 bits per heavy atom. The zero-order valence-electron chi connectivity index (χ0n) is 12.3. The normalized spacial score (nSPS) is 13.8. The van der Waals surface area contributed by atoms with Crippen molar-refractivity contribution >= 4 is 11.4 Å². The molecule has 0 amide bonds. The number of benzene rings is 1. The van der Waals surface area contributed by atoms with Crippen LogP contribution in [-0.2, 0) is 12.4 Å². The van der Waals surface area contributed by atoms with Crippen LogP contribution >= 0.6 is 0 Å². The highest BCUT2D eigenvalue weighted by atomic mass is 19.4. The van der Waals surface area contributed by atoms with Crippen LogP contribution in [0.1, 0.15) is 11.1 Å². The van der Waals surface area contributed by atoms with E-state index >= 15 is 0 Å². The quantitative estimate of drug-likeness (QED) is 0.718. The molecular formula is C13H16F6N2O2. The molecule has 1 aromatic carbocycles. The zero-order valence-corrected chi connectivity index (χ0v) is 12.3. The summed E-state index contributed by atoms with van der Waals surface area (Å²) in [5.74, 6) is 0. The Bertz CT molecular complexity index is 507. The SMILES string of the molecule is CN(C)c1c(C(F)(F)F)cc(NCC(O)CO)cc1C(F)(F)F. The predicted molar refractivity (Wildman–Crippen MR) is 72.4 cm³/mol. The van der Waals surface area contributed by atoms with Gasteiger partial charge in [-0.2, -0.15) is 26.3 Å². The molecule has 3 N–H and O–H groups in total. The lowest BCUT2D eigenvalue weighted by atomic mass is 10.0. The van der Waals surface area contributed by atoms with E-state index in [1.54, 1.807) is 0 Å². The van der Waals surface area contributed by atoms with Gasteiger partial charge in [-0.05, 0) is 12.1 Å². The number of anilines is 2. The van der Waals surface area contributed by atoms with Gasteiger partial charge in [0.15, 0.2) is 0 Å². The second kappa shape index (κ2) is 6.83. The second-order valence-corrected chi connectivity index (χ2v) is 5.03. The van der Waals surface area contributed by atoms with Crippen LogP contribution in [0.15, 0.2) is 12.1 Å². The van der Waals surface area contributed by atoms with Crippen molar-refractivity contribution < 1.29 is 36.6 Å². The zero-order chi connectivity index (χ0) is 18.0. The minimum absolute atomic E-state index is 0.396. The van der Waals surface area contributed by atoms with Gasteiger partial charge in [0.1, 0.15) is 0 Å². The standard InChI is InChI=1S/C13H16F6N2O2/c1-21(2)11-9(12(14,15)16)3-7(20-5-8(23)6-22)4-10(11)13(17,18)19/h3-4,8,20,22-23H,5-6H2,1-2H3. The number of nitrogens with zero attached hydrogens (tertiary/aromatic N) is 1. The van der Waals surface area contributed by atoms with E-state index in [0.717, 1.165) is 19.0 Å². The number of hydrogen-bond donors (Lipinski definition) is 3. The minimum Gasteiger partial charge on any atom is -0.394 e. The fourth-order valence-corrected chi connectivity index (χ4v) is 1.95. The lowest BCUT2D eigenvalue weighted by molar-refractivity contribution is -0.142. The maximum absolute atomic E-state index is 13.1. The van der Waals surface area contributed by atoms with Gasteiger partial charge in [-0.1, -0.05) is 0 Å². The first-order chi connectivity index (χ1) is 10.4. The molecule has 1 atom stereocenters. The van der Waals surface area contributed by atoms with Gasteiger partial charge in [-0.3, -0.25) is 0 Å². The van der Waals surface area contributed by atoms with E-state index in [-0.39, 0.29) is 0 Å². The van der Waals surface area contributed by atoms with Gasteiger partial charge in [0.2, 0.25) is 0 Å². The summed E-state index contributed by atoms with van der Waals surface area (Å²) in [6.45, 7) is -1.08. The molecule has 10 heteroatoms. The highest BCUT2D eigenvalue weighted by Crippen LogP contribution is 2.45. The average molecular weight is 346 g/mol. The number of hydrogen-bond acceptors (Lipinski definition) is 4. The first kappa shape index (κ1) is 19.4. The van der Waals surface area contributed by atoms with Crippen molar-refractivity contribution in [3.8, 4) is 0 Å². The summed E-state index contributed by atoms with van der Waals surface area (Å²) >= 11 is 0. The van der Waals surface area contributed by atoms with Gasteiger partial charge in [-0.15, -0.1) is 0 Å². The van der Waals surface area contributed by atoms with E-state index in [4.69, 9.17) is 10.2 Å².